The van der Waals surface area contributed by atoms with E-state index in [2.05, 4.69) is 5.32 Å². The van der Waals surface area contributed by atoms with E-state index in [1.54, 1.807) is 43.3 Å². The Morgan fingerprint density at radius 3 is 2.67 bits per heavy atom. The van der Waals surface area contributed by atoms with Crippen LogP contribution < -0.4 is 19.7 Å². The van der Waals surface area contributed by atoms with Crippen molar-refractivity contribution in [2.45, 2.75) is 26.3 Å². The molecule has 8 heteroatoms. The van der Waals surface area contributed by atoms with Crippen molar-refractivity contribution in [2.75, 3.05) is 30.5 Å². The van der Waals surface area contributed by atoms with Crippen LogP contribution in [0.15, 0.2) is 42.5 Å². The molecule has 2 aromatic rings. The van der Waals surface area contributed by atoms with Gasteiger partial charge in [0.15, 0.2) is 18.1 Å². The number of anilines is 2. The summed E-state index contributed by atoms with van der Waals surface area (Å²) in [6, 6.07) is 11.3. The average molecular weight is 412 g/mol. The highest BCUT2D eigenvalue weighted by atomic mass is 16.5. The van der Waals surface area contributed by atoms with Gasteiger partial charge in [-0.3, -0.25) is 9.59 Å². The molecule has 0 unspecified atom stereocenters. The van der Waals surface area contributed by atoms with Crippen LogP contribution in [0.4, 0.5) is 11.4 Å². The number of carbonyl (C=O) groups excluding carboxylic acids is 3. The van der Waals surface area contributed by atoms with Crippen molar-refractivity contribution in [3.05, 3.63) is 48.0 Å². The SMILES string of the molecule is CCOc1ccc(C(=O)OCC(=O)N2c3ccccc3NC(=O)C[C@@H]2C)cc1OC. The van der Waals surface area contributed by atoms with Crippen molar-refractivity contribution < 1.29 is 28.6 Å². The molecule has 1 aliphatic heterocycles. The van der Waals surface area contributed by atoms with Gasteiger partial charge in [-0.1, -0.05) is 12.1 Å². The molecule has 3 rings (SSSR count). The maximum Gasteiger partial charge on any atom is 0.338 e. The highest BCUT2D eigenvalue weighted by molar-refractivity contribution is 6.05. The predicted molar refractivity (Wildman–Crippen MR) is 111 cm³/mol. The van der Waals surface area contributed by atoms with Gasteiger partial charge in [-0.05, 0) is 44.2 Å². The summed E-state index contributed by atoms with van der Waals surface area (Å²) >= 11 is 0. The Kier molecular flexibility index (Phi) is 6.56. The summed E-state index contributed by atoms with van der Waals surface area (Å²) in [7, 11) is 1.48. The van der Waals surface area contributed by atoms with Crippen molar-refractivity contribution in [3.8, 4) is 11.5 Å². The summed E-state index contributed by atoms with van der Waals surface area (Å²) in [5.41, 5.74) is 1.35. The number of para-hydroxylation sites is 2. The zero-order valence-corrected chi connectivity index (χ0v) is 17.1. The normalized spacial score (nSPS) is 15.5. The Balaban J connectivity index is 1.73. The first-order valence-corrected chi connectivity index (χ1v) is 9.63. The summed E-state index contributed by atoms with van der Waals surface area (Å²) < 4.78 is 15.9. The third-order valence-corrected chi connectivity index (χ3v) is 4.65. The van der Waals surface area contributed by atoms with E-state index < -0.39 is 18.5 Å². The van der Waals surface area contributed by atoms with Gasteiger partial charge in [0, 0.05) is 12.5 Å². The van der Waals surface area contributed by atoms with Crippen LogP contribution in [-0.4, -0.2) is 44.1 Å². The van der Waals surface area contributed by atoms with Gasteiger partial charge in [-0.25, -0.2) is 4.79 Å². The van der Waals surface area contributed by atoms with Crippen molar-refractivity contribution in [1.29, 1.82) is 0 Å². The van der Waals surface area contributed by atoms with Crippen LogP contribution in [0.1, 0.15) is 30.6 Å². The van der Waals surface area contributed by atoms with E-state index in [-0.39, 0.29) is 23.9 Å². The predicted octanol–water partition coefficient (Wildman–Crippen LogP) is 3.01. The number of nitrogens with one attached hydrogen (secondary N) is 1. The molecule has 0 aromatic heterocycles. The van der Waals surface area contributed by atoms with Crippen LogP contribution in [0.2, 0.25) is 0 Å². The van der Waals surface area contributed by atoms with Crippen molar-refractivity contribution in [2.24, 2.45) is 0 Å². The maximum atomic E-state index is 12.9. The van der Waals surface area contributed by atoms with Crippen molar-refractivity contribution in [1.82, 2.24) is 0 Å². The third kappa shape index (κ3) is 4.53. The number of hydrogen-bond acceptors (Lipinski definition) is 6. The van der Waals surface area contributed by atoms with Gasteiger partial charge in [0.25, 0.3) is 5.91 Å². The molecule has 1 N–H and O–H groups in total. The zero-order chi connectivity index (χ0) is 21.7. The minimum absolute atomic E-state index is 0.143. The van der Waals surface area contributed by atoms with Gasteiger partial charge < -0.3 is 24.4 Å². The maximum absolute atomic E-state index is 12.9. The number of hydrogen-bond donors (Lipinski definition) is 1. The van der Waals surface area contributed by atoms with Crippen molar-refractivity contribution in [3.63, 3.8) is 0 Å². The zero-order valence-electron chi connectivity index (χ0n) is 17.1. The Morgan fingerprint density at radius 2 is 1.93 bits per heavy atom. The average Bonchev–Trinajstić information content (AvgIpc) is 2.86. The lowest BCUT2D eigenvalue weighted by atomic mass is 10.1. The number of ether oxygens (including phenoxy) is 3. The number of nitrogens with zero attached hydrogens (tertiary/aromatic N) is 1. The minimum Gasteiger partial charge on any atom is -0.493 e. The Bertz CT molecular complexity index is 958. The summed E-state index contributed by atoms with van der Waals surface area (Å²) in [5, 5.41) is 2.79. The summed E-state index contributed by atoms with van der Waals surface area (Å²) in [4.78, 5) is 38.9. The first-order chi connectivity index (χ1) is 14.4. The molecular weight excluding hydrogens is 388 g/mol. The largest absolute Gasteiger partial charge is 0.493 e. The molecule has 0 aliphatic carbocycles. The highest BCUT2D eigenvalue weighted by Crippen LogP contribution is 2.31. The van der Waals surface area contributed by atoms with Gasteiger partial charge in [0.1, 0.15) is 0 Å². The molecule has 0 spiro atoms. The first-order valence-electron chi connectivity index (χ1n) is 9.63. The van der Waals surface area contributed by atoms with Gasteiger partial charge in [0.05, 0.1) is 30.7 Å². The molecule has 30 heavy (non-hydrogen) atoms. The lowest BCUT2D eigenvalue weighted by molar-refractivity contribution is -0.122. The second kappa shape index (κ2) is 9.30. The number of benzene rings is 2. The van der Waals surface area contributed by atoms with E-state index in [1.165, 1.54) is 18.1 Å². The molecule has 1 aliphatic rings. The van der Waals surface area contributed by atoms with E-state index in [0.29, 0.717) is 29.5 Å². The van der Waals surface area contributed by atoms with Gasteiger partial charge >= 0.3 is 5.97 Å². The molecule has 0 saturated carbocycles. The quantitative estimate of drug-likeness (QED) is 0.733. The summed E-state index contributed by atoms with van der Waals surface area (Å²) in [6.45, 7) is 3.62. The van der Waals surface area contributed by atoms with Crippen LogP contribution in [0, 0.1) is 0 Å². The summed E-state index contributed by atoms with van der Waals surface area (Å²) in [5.74, 6) is -0.340. The number of esters is 1. The van der Waals surface area contributed by atoms with Crippen LogP contribution >= 0.6 is 0 Å². The van der Waals surface area contributed by atoms with Crippen LogP contribution in [0.25, 0.3) is 0 Å². The van der Waals surface area contributed by atoms with Crippen molar-refractivity contribution >= 4 is 29.2 Å². The lowest BCUT2D eigenvalue weighted by Gasteiger charge is -2.27. The van der Waals surface area contributed by atoms with E-state index in [4.69, 9.17) is 14.2 Å². The molecule has 2 amide bonds. The number of carbonyl (C=O) groups is 3. The van der Waals surface area contributed by atoms with Gasteiger partial charge in [-0.15, -0.1) is 0 Å². The molecule has 0 saturated heterocycles. The lowest BCUT2D eigenvalue weighted by Crippen LogP contribution is -2.41. The number of methoxy groups -OCH3 is 1. The highest BCUT2D eigenvalue weighted by Gasteiger charge is 2.30. The minimum atomic E-state index is -0.658. The second-order valence-corrected chi connectivity index (χ2v) is 6.76. The Labute approximate surface area is 174 Å². The van der Waals surface area contributed by atoms with Crippen LogP contribution in [-0.2, 0) is 14.3 Å². The number of rotatable bonds is 6. The standard InChI is InChI=1S/C22H24N2O6/c1-4-29-18-10-9-15(12-19(18)28-3)22(27)30-13-21(26)24-14(2)11-20(25)23-16-7-5-6-8-17(16)24/h5-10,12,14H,4,11,13H2,1-3H3,(H,23,25)/t14-/m0/s1. The van der Waals surface area contributed by atoms with E-state index in [0.717, 1.165) is 0 Å². The number of fused-ring (bicyclic) bond motifs is 1. The first kappa shape index (κ1) is 21.2. The summed E-state index contributed by atoms with van der Waals surface area (Å²) in [6.07, 6.45) is 0.143. The van der Waals surface area contributed by atoms with E-state index in [9.17, 15) is 14.4 Å². The number of amides is 2. The second-order valence-electron chi connectivity index (χ2n) is 6.76. The Hall–Kier alpha value is -3.55. The molecule has 8 nitrogen and oxygen atoms in total. The fourth-order valence-electron chi connectivity index (χ4n) is 3.32. The molecule has 0 fully saturated rings. The molecule has 0 bridgehead atoms. The fourth-order valence-corrected chi connectivity index (χ4v) is 3.32. The monoisotopic (exact) mass is 412 g/mol. The Morgan fingerprint density at radius 1 is 1.17 bits per heavy atom. The van der Waals surface area contributed by atoms with E-state index in [1.807, 2.05) is 6.92 Å². The smallest absolute Gasteiger partial charge is 0.338 e. The van der Waals surface area contributed by atoms with Gasteiger partial charge in [0.2, 0.25) is 5.91 Å². The van der Waals surface area contributed by atoms with Crippen LogP contribution in [0.5, 0.6) is 11.5 Å². The molecule has 2 aromatic carbocycles. The fraction of sp³-hybridized carbons (Fsp3) is 0.318. The van der Waals surface area contributed by atoms with Crippen LogP contribution in [0.3, 0.4) is 0 Å². The molecule has 1 atom stereocenters. The molecule has 0 radical (unpaired) electrons. The molecule has 1 heterocycles. The third-order valence-electron chi connectivity index (χ3n) is 4.65. The topological polar surface area (TPSA) is 94.2 Å². The van der Waals surface area contributed by atoms with E-state index >= 15 is 0 Å². The molecular formula is C22H24N2O6. The molecule has 158 valence electrons. The van der Waals surface area contributed by atoms with Gasteiger partial charge in [-0.2, -0.15) is 0 Å².